The summed E-state index contributed by atoms with van der Waals surface area (Å²) in [6.45, 7) is 2.58. The topological polar surface area (TPSA) is 91.8 Å². The highest BCUT2D eigenvalue weighted by Gasteiger charge is 2.41. The number of carboxylic acid groups (broad SMARTS) is 1. The lowest BCUT2D eigenvalue weighted by atomic mass is 9.90. The monoisotopic (exact) mass is 417 g/mol. The molecule has 3 rings (SSSR count). The van der Waals surface area contributed by atoms with Crippen molar-refractivity contribution in [2.45, 2.75) is 38.3 Å². The zero-order chi connectivity index (χ0) is 20.9. The molecule has 1 aliphatic heterocycles. The molecule has 1 aliphatic rings. The van der Waals surface area contributed by atoms with Crippen molar-refractivity contribution >= 4 is 23.8 Å². The maximum atomic E-state index is 12.4. The summed E-state index contributed by atoms with van der Waals surface area (Å²) in [6.07, 6.45) is 0.0484. The Kier molecular flexibility index (Phi) is 6.59. The minimum absolute atomic E-state index is 0.152. The molecule has 2 N–H and O–H groups in total. The number of ether oxygens (including phenoxy) is 1. The summed E-state index contributed by atoms with van der Waals surface area (Å²) in [5, 5.41) is 12.7. The second kappa shape index (κ2) is 9.13. The zero-order valence-electron chi connectivity index (χ0n) is 16.2. The molecule has 8 heteroatoms. The number of alkyl carbamates (subject to hydrolysis) is 1. The minimum atomic E-state index is -0.999. The Labute approximate surface area is 174 Å². The van der Waals surface area contributed by atoms with Crippen LogP contribution in [-0.2, 0) is 17.8 Å². The average molecular weight is 418 g/mol. The van der Waals surface area contributed by atoms with Gasteiger partial charge in [-0.2, -0.15) is 0 Å². The summed E-state index contributed by atoms with van der Waals surface area (Å²) >= 11 is 6.24. The number of rotatable bonds is 6. The van der Waals surface area contributed by atoms with E-state index in [1.807, 2.05) is 49.4 Å². The quantitative estimate of drug-likeness (QED) is 0.692. The molecular weight excluding hydrogens is 394 g/mol. The van der Waals surface area contributed by atoms with Gasteiger partial charge in [-0.15, -0.1) is 0 Å². The summed E-state index contributed by atoms with van der Waals surface area (Å²) in [6, 6.07) is 13.2. The van der Waals surface area contributed by atoms with E-state index in [0.717, 1.165) is 16.8 Å². The van der Waals surface area contributed by atoms with Crippen molar-refractivity contribution in [3.05, 3.63) is 64.4 Å². The summed E-state index contributed by atoms with van der Waals surface area (Å²) in [5.41, 5.74) is 1.87. The van der Waals surface area contributed by atoms with Gasteiger partial charge in [0.05, 0.1) is 5.54 Å². The predicted molar refractivity (Wildman–Crippen MR) is 109 cm³/mol. The summed E-state index contributed by atoms with van der Waals surface area (Å²) in [4.78, 5) is 29.4. The lowest BCUT2D eigenvalue weighted by Crippen LogP contribution is -2.51. The highest BCUT2D eigenvalue weighted by molar-refractivity contribution is 6.30. The molecule has 1 atom stereocenters. The van der Waals surface area contributed by atoms with E-state index in [4.69, 9.17) is 16.3 Å². The number of nitrogens with one attached hydrogen (secondary N) is 1. The Morgan fingerprint density at radius 2 is 2.03 bits per heavy atom. The summed E-state index contributed by atoms with van der Waals surface area (Å²) in [7, 11) is 0. The molecular formula is C21H24ClN3O4. The molecule has 0 unspecified atom stereocenters. The van der Waals surface area contributed by atoms with Crippen molar-refractivity contribution in [1.29, 1.82) is 0 Å². The molecule has 1 aromatic heterocycles. The van der Waals surface area contributed by atoms with Crippen LogP contribution in [0.2, 0.25) is 5.15 Å². The van der Waals surface area contributed by atoms with Crippen LogP contribution in [0.5, 0.6) is 0 Å². The second-order valence-corrected chi connectivity index (χ2v) is 7.68. The Bertz CT molecular complexity index is 877. The molecule has 0 bridgehead atoms. The van der Waals surface area contributed by atoms with Gasteiger partial charge in [-0.05, 0) is 43.4 Å². The van der Waals surface area contributed by atoms with Crippen LogP contribution in [0, 0.1) is 6.92 Å². The first-order valence-electron chi connectivity index (χ1n) is 9.46. The Balaban J connectivity index is 1.66. The predicted octanol–water partition coefficient (Wildman–Crippen LogP) is 4.02. The van der Waals surface area contributed by atoms with E-state index < -0.39 is 17.7 Å². The molecule has 2 heterocycles. The summed E-state index contributed by atoms with van der Waals surface area (Å²) < 4.78 is 5.35. The maximum absolute atomic E-state index is 12.4. The number of nitrogens with zero attached hydrogens (tertiary/aromatic N) is 2. The van der Waals surface area contributed by atoms with Gasteiger partial charge >= 0.3 is 12.2 Å². The number of aromatic nitrogens is 1. The number of amides is 2. The van der Waals surface area contributed by atoms with Crippen LogP contribution >= 0.6 is 11.6 Å². The first-order valence-corrected chi connectivity index (χ1v) is 9.83. The van der Waals surface area contributed by atoms with Gasteiger partial charge in [0.2, 0.25) is 0 Å². The van der Waals surface area contributed by atoms with E-state index in [-0.39, 0.29) is 13.2 Å². The van der Waals surface area contributed by atoms with Crippen molar-refractivity contribution in [3.8, 4) is 0 Å². The van der Waals surface area contributed by atoms with Gasteiger partial charge in [0.25, 0.3) is 0 Å². The number of likely N-dealkylation sites (tertiary alicyclic amines) is 1. The van der Waals surface area contributed by atoms with Gasteiger partial charge in [-0.25, -0.2) is 14.6 Å². The van der Waals surface area contributed by atoms with Crippen LogP contribution < -0.4 is 5.32 Å². The van der Waals surface area contributed by atoms with E-state index in [1.165, 1.54) is 4.90 Å². The number of benzene rings is 1. The lowest BCUT2D eigenvalue weighted by molar-refractivity contribution is 0.121. The molecule has 7 nitrogen and oxygen atoms in total. The molecule has 1 aromatic carbocycles. The molecule has 1 saturated heterocycles. The van der Waals surface area contributed by atoms with Crippen LogP contribution in [0.1, 0.15) is 29.7 Å². The van der Waals surface area contributed by atoms with Gasteiger partial charge in [-0.3, -0.25) is 0 Å². The van der Waals surface area contributed by atoms with Crippen LogP contribution in [0.4, 0.5) is 9.59 Å². The van der Waals surface area contributed by atoms with Crippen LogP contribution in [0.15, 0.2) is 42.5 Å². The first-order chi connectivity index (χ1) is 13.9. The number of aryl methyl sites for hydroxylation is 2. The minimum Gasteiger partial charge on any atom is -0.465 e. The Morgan fingerprint density at radius 1 is 1.28 bits per heavy atom. The zero-order valence-corrected chi connectivity index (χ0v) is 17.0. The molecule has 1 fully saturated rings. The molecule has 2 amide bonds. The fourth-order valence-electron chi connectivity index (χ4n) is 3.49. The largest absolute Gasteiger partial charge is 0.465 e. The molecule has 154 valence electrons. The number of halogens is 1. The van der Waals surface area contributed by atoms with Crippen molar-refractivity contribution in [2.24, 2.45) is 0 Å². The van der Waals surface area contributed by atoms with Crippen molar-refractivity contribution in [2.75, 3.05) is 13.1 Å². The SMILES string of the molecule is Cc1ccc(CC[C@]2(NC(=O)OCc3ccccc3)CCN(C(=O)O)C2)c(Cl)n1. The molecule has 0 aliphatic carbocycles. The van der Waals surface area contributed by atoms with E-state index in [2.05, 4.69) is 10.3 Å². The van der Waals surface area contributed by atoms with E-state index >= 15 is 0 Å². The molecule has 0 saturated carbocycles. The van der Waals surface area contributed by atoms with Gasteiger partial charge in [-0.1, -0.05) is 48.0 Å². The van der Waals surface area contributed by atoms with Crippen molar-refractivity contribution < 1.29 is 19.4 Å². The molecule has 29 heavy (non-hydrogen) atoms. The third kappa shape index (κ3) is 5.60. The normalized spacial score (nSPS) is 18.5. The fraction of sp³-hybridized carbons (Fsp3) is 0.381. The van der Waals surface area contributed by atoms with Gasteiger partial charge in [0.1, 0.15) is 11.8 Å². The molecule has 2 aromatic rings. The van der Waals surface area contributed by atoms with E-state index in [9.17, 15) is 14.7 Å². The van der Waals surface area contributed by atoms with Crippen LogP contribution in [-0.4, -0.2) is 45.8 Å². The highest BCUT2D eigenvalue weighted by atomic mass is 35.5. The lowest BCUT2D eigenvalue weighted by Gasteiger charge is -2.30. The number of hydrogen-bond acceptors (Lipinski definition) is 4. The third-order valence-corrected chi connectivity index (χ3v) is 5.47. The molecule has 0 spiro atoms. The van der Waals surface area contributed by atoms with E-state index in [0.29, 0.717) is 31.0 Å². The van der Waals surface area contributed by atoms with Gasteiger partial charge in [0.15, 0.2) is 0 Å². The number of carbonyl (C=O) groups is 2. The average Bonchev–Trinajstić information content (AvgIpc) is 3.11. The highest BCUT2D eigenvalue weighted by Crippen LogP contribution is 2.28. The number of pyridine rings is 1. The van der Waals surface area contributed by atoms with Crippen molar-refractivity contribution in [3.63, 3.8) is 0 Å². The van der Waals surface area contributed by atoms with E-state index in [1.54, 1.807) is 0 Å². The molecule has 0 radical (unpaired) electrons. The van der Waals surface area contributed by atoms with Crippen LogP contribution in [0.25, 0.3) is 0 Å². The maximum Gasteiger partial charge on any atom is 0.407 e. The fourth-order valence-corrected chi connectivity index (χ4v) is 3.79. The van der Waals surface area contributed by atoms with Gasteiger partial charge < -0.3 is 20.1 Å². The van der Waals surface area contributed by atoms with Gasteiger partial charge in [0, 0.05) is 18.8 Å². The first kappa shape index (κ1) is 20.9. The smallest absolute Gasteiger partial charge is 0.407 e. The number of carbonyl (C=O) groups excluding carboxylic acids is 1. The number of hydrogen-bond donors (Lipinski definition) is 2. The third-order valence-electron chi connectivity index (χ3n) is 5.14. The standard InChI is InChI=1S/C21H24ClN3O4/c1-15-7-8-17(18(22)23-15)9-10-21(11-12-25(14-21)20(27)28)24-19(26)29-13-16-5-3-2-4-6-16/h2-8H,9-14H2,1H3,(H,24,26)(H,27,28)/t21-/m0/s1. The van der Waals surface area contributed by atoms with Crippen LogP contribution in [0.3, 0.4) is 0 Å². The van der Waals surface area contributed by atoms with Crippen molar-refractivity contribution in [1.82, 2.24) is 15.2 Å². The summed E-state index contributed by atoms with van der Waals surface area (Å²) in [5.74, 6) is 0. The Morgan fingerprint density at radius 3 is 2.69 bits per heavy atom. The second-order valence-electron chi connectivity index (χ2n) is 7.32. The Hall–Kier alpha value is -2.80.